The maximum absolute atomic E-state index is 12.0. The van der Waals surface area contributed by atoms with Crippen LogP contribution in [-0.2, 0) is 14.2 Å². The lowest BCUT2D eigenvalue weighted by atomic mass is 9.38. The van der Waals surface area contributed by atoms with Gasteiger partial charge in [0.05, 0.1) is 24.9 Å². The van der Waals surface area contributed by atoms with Crippen molar-refractivity contribution in [1.82, 2.24) is 0 Å². The lowest BCUT2D eigenvalue weighted by Crippen LogP contribution is -2.63. The van der Waals surface area contributed by atoms with Crippen LogP contribution in [0.3, 0.4) is 0 Å². The highest BCUT2D eigenvalue weighted by molar-refractivity contribution is 5.33. The number of rotatable bonds is 8. The number of aliphatic hydroxyl groups is 6. The molecule has 3 saturated carbocycles. The van der Waals surface area contributed by atoms with E-state index >= 15 is 0 Å². The Morgan fingerprint density at radius 3 is 2.24 bits per heavy atom. The Kier molecular flexibility index (Phi) is 10.1. The van der Waals surface area contributed by atoms with Crippen LogP contribution < -0.4 is 0 Å². The molecule has 9 heteroatoms. The zero-order chi connectivity index (χ0) is 34.1. The molecule has 264 valence electrons. The highest BCUT2D eigenvalue weighted by Gasteiger charge is 2.70. The molecule has 6 N–H and O–H groups in total. The molecule has 0 amide bonds. The number of ether oxygens (including phenoxy) is 3. The molecular formula is C37H62O9. The summed E-state index contributed by atoms with van der Waals surface area (Å²) < 4.78 is 18.2. The van der Waals surface area contributed by atoms with Crippen molar-refractivity contribution in [2.45, 2.75) is 149 Å². The fourth-order valence-electron chi connectivity index (χ4n) is 11.2. The van der Waals surface area contributed by atoms with Crippen LogP contribution in [0.5, 0.6) is 0 Å². The van der Waals surface area contributed by atoms with Crippen LogP contribution >= 0.6 is 0 Å². The van der Waals surface area contributed by atoms with Crippen molar-refractivity contribution in [2.75, 3.05) is 13.7 Å². The van der Waals surface area contributed by atoms with Gasteiger partial charge in [-0.2, -0.15) is 0 Å². The number of aliphatic hydroxyl groups excluding tert-OH is 6. The number of allylic oxidation sites excluding steroid dienone is 1. The van der Waals surface area contributed by atoms with E-state index in [0.717, 1.165) is 44.1 Å². The topological polar surface area (TPSA) is 149 Å². The largest absolute Gasteiger partial charge is 0.394 e. The van der Waals surface area contributed by atoms with Crippen LogP contribution in [0, 0.1) is 45.3 Å². The zero-order valence-electron chi connectivity index (χ0n) is 29.5. The molecule has 5 rings (SSSR count). The van der Waals surface area contributed by atoms with Gasteiger partial charge < -0.3 is 44.8 Å². The SMILES string of the molecule is COC1C=C2C(CCC(O)C2(C)C)C2(C)CCC3(C)C(C(C)C(O)C(C=C(C)C)OC4OC(CO)C(O)C(O)C4O)CCC3(C)C12. The van der Waals surface area contributed by atoms with Gasteiger partial charge in [0.1, 0.15) is 30.5 Å². The maximum Gasteiger partial charge on any atom is 0.187 e. The van der Waals surface area contributed by atoms with Gasteiger partial charge in [-0.15, -0.1) is 0 Å². The first-order chi connectivity index (χ1) is 21.4. The smallest absolute Gasteiger partial charge is 0.187 e. The van der Waals surface area contributed by atoms with Gasteiger partial charge in [-0.05, 0) is 86.4 Å². The van der Waals surface area contributed by atoms with Gasteiger partial charge in [0, 0.05) is 18.4 Å². The molecule has 0 bridgehead atoms. The molecule has 9 nitrogen and oxygen atoms in total. The molecule has 16 unspecified atom stereocenters. The molecule has 46 heavy (non-hydrogen) atoms. The van der Waals surface area contributed by atoms with Gasteiger partial charge >= 0.3 is 0 Å². The summed E-state index contributed by atoms with van der Waals surface area (Å²) in [5.41, 5.74) is 1.90. The van der Waals surface area contributed by atoms with Crippen molar-refractivity contribution in [3.63, 3.8) is 0 Å². The van der Waals surface area contributed by atoms with Gasteiger partial charge in [-0.25, -0.2) is 0 Å². The zero-order valence-corrected chi connectivity index (χ0v) is 29.5. The van der Waals surface area contributed by atoms with E-state index in [-0.39, 0.29) is 51.6 Å². The Morgan fingerprint density at radius 1 is 0.957 bits per heavy atom. The summed E-state index contributed by atoms with van der Waals surface area (Å²) in [6.45, 7) is 17.1. The summed E-state index contributed by atoms with van der Waals surface area (Å²) in [6.07, 6.45) is 0.870. The van der Waals surface area contributed by atoms with Crippen LogP contribution in [-0.4, -0.2) is 99.5 Å². The molecule has 1 heterocycles. The number of hydrogen-bond acceptors (Lipinski definition) is 9. The van der Waals surface area contributed by atoms with E-state index in [2.05, 4.69) is 47.6 Å². The fraction of sp³-hybridized carbons (Fsp3) is 0.892. The van der Waals surface area contributed by atoms with E-state index in [9.17, 15) is 30.6 Å². The fourth-order valence-corrected chi connectivity index (χ4v) is 11.2. The molecule has 5 aliphatic rings. The molecular weight excluding hydrogens is 588 g/mol. The predicted molar refractivity (Wildman–Crippen MR) is 174 cm³/mol. The molecule has 4 aliphatic carbocycles. The van der Waals surface area contributed by atoms with Crippen molar-refractivity contribution >= 4 is 0 Å². The van der Waals surface area contributed by atoms with Crippen molar-refractivity contribution in [2.24, 2.45) is 45.3 Å². The Labute approximate surface area is 276 Å². The Hall–Kier alpha value is -0.880. The lowest BCUT2D eigenvalue weighted by Gasteiger charge is -2.67. The molecule has 0 radical (unpaired) electrons. The Morgan fingerprint density at radius 2 is 1.63 bits per heavy atom. The first-order valence-electron chi connectivity index (χ1n) is 17.6. The van der Waals surface area contributed by atoms with E-state index in [1.165, 1.54) is 5.57 Å². The second kappa shape index (κ2) is 12.8. The minimum atomic E-state index is -1.55. The van der Waals surface area contributed by atoms with E-state index in [0.29, 0.717) is 5.92 Å². The van der Waals surface area contributed by atoms with E-state index in [1.807, 2.05) is 27.0 Å². The van der Waals surface area contributed by atoms with Gasteiger partial charge in [-0.3, -0.25) is 0 Å². The standard InChI is InChI=1S/C37H62O9/c1-19(2)16-24(45-33-31(43)30(42)29(41)26(18-38)46-33)28(40)20(3)21-12-13-37(8)32-25(44-9)17-23-22(10-11-27(39)34(23,4)5)35(32,6)14-15-36(21,37)7/h16-17,20-22,24-33,38-43H,10-15,18H2,1-9H3. The molecule has 1 aliphatic heterocycles. The van der Waals surface area contributed by atoms with Gasteiger partial charge in [0.15, 0.2) is 6.29 Å². The van der Waals surface area contributed by atoms with Crippen molar-refractivity contribution in [1.29, 1.82) is 0 Å². The number of methoxy groups -OCH3 is 1. The Bertz CT molecular complexity index is 1160. The van der Waals surface area contributed by atoms with Crippen molar-refractivity contribution in [3.8, 4) is 0 Å². The normalized spacial score (nSPS) is 48.7. The van der Waals surface area contributed by atoms with E-state index < -0.39 is 49.5 Å². The molecule has 1 saturated heterocycles. The molecule has 0 aromatic heterocycles. The van der Waals surface area contributed by atoms with Crippen LogP contribution in [0.4, 0.5) is 0 Å². The van der Waals surface area contributed by atoms with Gasteiger partial charge in [-0.1, -0.05) is 64.8 Å². The summed E-state index contributed by atoms with van der Waals surface area (Å²) in [7, 11) is 1.82. The van der Waals surface area contributed by atoms with Crippen molar-refractivity contribution in [3.05, 3.63) is 23.3 Å². The molecule has 0 aromatic carbocycles. The highest BCUT2D eigenvalue weighted by atomic mass is 16.7. The third-order valence-electron chi connectivity index (χ3n) is 14.2. The number of fused-ring (bicyclic) bond motifs is 5. The van der Waals surface area contributed by atoms with Crippen molar-refractivity contribution < 1.29 is 44.8 Å². The minimum absolute atomic E-state index is 0.0317. The van der Waals surface area contributed by atoms with Crippen LogP contribution in [0.15, 0.2) is 23.3 Å². The maximum atomic E-state index is 12.0. The Balaban J connectivity index is 1.43. The summed E-state index contributed by atoms with van der Waals surface area (Å²) in [5.74, 6) is 0.716. The molecule has 0 spiro atoms. The average molecular weight is 651 g/mol. The number of hydrogen-bond donors (Lipinski definition) is 6. The van der Waals surface area contributed by atoms with Gasteiger partial charge in [0.2, 0.25) is 0 Å². The van der Waals surface area contributed by atoms with E-state index in [1.54, 1.807) is 0 Å². The molecule has 0 aromatic rings. The predicted octanol–water partition coefficient (Wildman–Crippen LogP) is 3.73. The molecule has 4 fully saturated rings. The minimum Gasteiger partial charge on any atom is -0.394 e. The summed E-state index contributed by atoms with van der Waals surface area (Å²) in [4.78, 5) is 0. The third kappa shape index (κ3) is 5.48. The van der Waals surface area contributed by atoms with E-state index in [4.69, 9.17) is 14.2 Å². The highest BCUT2D eigenvalue weighted by Crippen LogP contribution is 2.75. The summed E-state index contributed by atoms with van der Waals surface area (Å²) in [5, 5.41) is 64.0. The second-order valence-corrected chi connectivity index (χ2v) is 17.0. The molecule has 16 atom stereocenters. The van der Waals surface area contributed by atoms with Gasteiger partial charge in [0.25, 0.3) is 0 Å². The quantitative estimate of drug-likeness (QED) is 0.216. The van der Waals surface area contributed by atoms with Crippen LogP contribution in [0.25, 0.3) is 0 Å². The summed E-state index contributed by atoms with van der Waals surface area (Å²) >= 11 is 0. The van der Waals surface area contributed by atoms with Crippen LogP contribution in [0.2, 0.25) is 0 Å². The monoisotopic (exact) mass is 650 g/mol. The summed E-state index contributed by atoms with van der Waals surface area (Å²) in [6, 6.07) is 0. The average Bonchev–Trinajstić information content (AvgIpc) is 3.28. The third-order valence-corrected chi connectivity index (χ3v) is 14.2. The second-order valence-electron chi connectivity index (χ2n) is 17.0. The first-order valence-corrected chi connectivity index (χ1v) is 17.6. The first kappa shape index (κ1) is 36.4. The lowest BCUT2D eigenvalue weighted by molar-refractivity contribution is -0.314. The van der Waals surface area contributed by atoms with Crippen LogP contribution in [0.1, 0.15) is 93.9 Å².